The molecule has 1 aromatic heterocycles. The zero-order valence-electron chi connectivity index (χ0n) is 10.5. The van der Waals surface area contributed by atoms with E-state index < -0.39 is 0 Å². The molecule has 0 N–H and O–H groups in total. The molecule has 1 aromatic rings. The van der Waals surface area contributed by atoms with Gasteiger partial charge >= 0.3 is 0 Å². The normalized spacial score (nSPS) is 26.0. The van der Waals surface area contributed by atoms with Gasteiger partial charge in [-0.05, 0) is 45.4 Å². The lowest BCUT2D eigenvalue weighted by Gasteiger charge is -2.26. The van der Waals surface area contributed by atoms with Crippen LogP contribution in [0, 0.1) is 5.92 Å². The van der Waals surface area contributed by atoms with Crippen molar-refractivity contribution in [3.8, 4) is 5.75 Å². The molecule has 0 atom stereocenters. The predicted molar refractivity (Wildman–Crippen MR) is 64.7 cm³/mol. The fourth-order valence-electron chi connectivity index (χ4n) is 2.20. The lowest BCUT2D eigenvalue weighted by atomic mass is 9.89. The van der Waals surface area contributed by atoms with E-state index in [4.69, 9.17) is 4.74 Å². The van der Waals surface area contributed by atoms with Crippen LogP contribution in [0.5, 0.6) is 5.75 Å². The molecule has 0 saturated heterocycles. The van der Waals surface area contributed by atoms with E-state index in [1.54, 1.807) is 0 Å². The molecule has 0 aromatic carbocycles. The summed E-state index contributed by atoms with van der Waals surface area (Å²) in [5.41, 5.74) is 0. The van der Waals surface area contributed by atoms with Gasteiger partial charge in [0.2, 0.25) is 0 Å². The van der Waals surface area contributed by atoms with Crippen LogP contribution in [-0.2, 0) is 0 Å². The van der Waals surface area contributed by atoms with Gasteiger partial charge in [0.25, 0.3) is 0 Å². The summed E-state index contributed by atoms with van der Waals surface area (Å²) in [6.07, 6.45) is 9.20. The van der Waals surface area contributed by atoms with Crippen LogP contribution in [0.3, 0.4) is 0 Å². The molecule has 0 aliphatic heterocycles. The van der Waals surface area contributed by atoms with E-state index in [9.17, 15) is 0 Å². The van der Waals surface area contributed by atoms with Crippen molar-refractivity contribution >= 4 is 0 Å². The maximum atomic E-state index is 5.95. The minimum absolute atomic E-state index is 0.404. The van der Waals surface area contributed by atoms with E-state index in [2.05, 4.69) is 25.9 Å². The first-order chi connectivity index (χ1) is 7.65. The van der Waals surface area contributed by atoms with Crippen LogP contribution >= 0.6 is 0 Å². The van der Waals surface area contributed by atoms with Crippen molar-refractivity contribution in [1.29, 1.82) is 0 Å². The van der Waals surface area contributed by atoms with E-state index >= 15 is 0 Å². The fraction of sp³-hybridized carbons (Fsp3) is 0.769. The van der Waals surface area contributed by atoms with Crippen molar-refractivity contribution in [2.75, 3.05) is 0 Å². The summed E-state index contributed by atoms with van der Waals surface area (Å²) in [4.78, 5) is 0. The molecule has 0 radical (unpaired) electrons. The summed E-state index contributed by atoms with van der Waals surface area (Å²) in [6, 6.07) is 0.406. The third kappa shape index (κ3) is 2.77. The zero-order valence-corrected chi connectivity index (χ0v) is 10.5. The largest absolute Gasteiger partial charge is 0.487 e. The van der Waals surface area contributed by atoms with Crippen molar-refractivity contribution in [3.63, 3.8) is 0 Å². The van der Waals surface area contributed by atoms with Crippen molar-refractivity contribution in [1.82, 2.24) is 9.78 Å². The highest BCUT2D eigenvalue weighted by Crippen LogP contribution is 2.27. The number of rotatable bonds is 3. The van der Waals surface area contributed by atoms with E-state index in [1.807, 2.05) is 17.1 Å². The number of nitrogens with zero attached hydrogens (tertiary/aromatic N) is 2. The van der Waals surface area contributed by atoms with Crippen LogP contribution in [0.25, 0.3) is 0 Å². The first kappa shape index (κ1) is 11.5. The van der Waals surface area contributed by atoms with Crippen LogP contribution in [0.15, 0.2) is 12.4 Å². The molecule has 1 aliphatic carbocycles. The topological polar surface area (TPSA) is 27.1 Å². The third-order valence-electron chi connectivity index (χ3n) is 3.37. The average molecular weight is 222 g/mol. The van der Waals surface area contributed by atoms with Crippen LogP contribution in [0.2, 0.25) is 0 Å². The molecule has 90 valence electrons. The zero-order chi connectivity index (χ0) is 11.5. The molecule has 1 heterocycles. The van der Waals surface area contributed by atoms with Gasteiger partial charge in [0.1, 0.15) is 0 Å². The second-order valence-corrected chi connectivity index (χ2v) is 5.25. The van der Waals surface area contributed by atoms with E-state index in [1.165, 1.54) is 25.7 Å². The van der Waals surface area contributed by atoms with Gasteiger partial charge in [-0.2, -0.15) is 5.10 Å². The number of ether oxygens (including phenoxy) is 1. The van der Waals surface area contributed by atoms with Crippen molar-refractivity contribution in [2.45, 2.75) is 58.6 Å². The lowest BCUT2D eigenvalue weighted by molar-refractivity contribution is 0.135. The Labute approximate surface area is 97.8 Å². The Morgan fingerprint density at radius 2 is 2.00 bits per heavy atom. The average Bonchev–Trinajstić information content (AvgIpc) is 2.70. The second-order valence-electron chi connectivity index (χ2n) is 5.25. The van der Waals surface area contributed by atoms with Crippen molar-refractivity contribution in [3.05, 3.63) is 12.4 Å². The highest BCUT2D eigenvalue weighted by atomic mass is 16.5. The standard InChI is InChI=1S/C13H22N2O/c1-10(2)15-9-13(8-14-15)16-12-6-4-11(3)5-7-12/h8-12H,4-7H2,1-3H3. The molecule has 0 bridgehead atoms. The SMILES string of the molecule is CC1CCC(Oc2cnn(C(C)C)c2)CC1. The monoisotopic (exact) mass is 222 g/mol. The van der Waals surface area contributed by atoms with Crippen molar-refractivity contribution < 1.29 is 4.74 Å². The Bertz CT molecular complexity index is 324. The molecule has 1 saturated carbocycles. The molecule has 0 unspecified atom stereocenters. The smallest absolute Gasteiger partial charge is 0.157 e. The Morgan fingerprint density at radius 3 is 2.56 bits per heavy atom. The lowest BCUT2D eigenvalue weighted by Crippen LogP contribution is -2.22. The maximum Gasteiger partial charge on any atom is 0.157 e. The van der Waals surface area contributed by atoms with Gasteiger partial charge in [-0.3, -0.25) is 4.68 Å². The summed E-state index contributed by atoms with van der Waals surface area (Å²) in [6.45, 7) is 6.57. The molecule has 3 heteroatoms. The first-order valence-electron chi connectivity index (χ1n) is 6.36. The van der Waals surface area contributed by atoms with Gasteiger partial charge in [0, 0.05) is 6.04 Å². The highest BCUT2D eigenvalue weighted by Gasteiger charge is 2.19. The summed E-state index contributed by atoms with van der Waals surface area (Å²) >= 11 is 0. The molecule has 3 nitrogen and oxygen atoms in total. The Balaban J connectivity index is 1.88. The summed E-state index contributed by atoms with van der Waals surface area (Å²) in [5.74, 6) is 1.80. The quantitative estimate of drug-likeness (QED) is 0.783. The maximum absolute atomic E-state index is 5.95. The molecular formula is C13H22N2O. The summed E-state index contributed by atoms with van der Waals surface area (Å²) in [5, 5.41) is 4.29. The van der Waals surface area contributed by atoms with E-state index in [-0.39, 0.29) is 0 Å². The molecular weight excluding hydrogens is 200 g/mol. The predicted octanol–water partition coefficient (Wildman–Crippen LogP) is 3.42. The van der Waals surface area contributed by atoms with Crippen LogP contribution < -0.4 is 4.74 Å². The summed E-state index contributed by atoms with van der Waals surface area (Å²) < 4.78 is 7.90. The first-order valence-corrected chi connectivity index (χ1v) is 6.36. The number of aromatic nitrogens is 2. The minimum atomic E-state index is 0.404. The Kier molecular flexibility index (Phi) is 3.52. The highest BCUT2D eigenvalue weighted by molar-refractivity contribution is 5.12. The molecule has 0 amide bonds. The molecule has 1 aliphatic rings. The molecule has 16 heavy (non-hydrogen) atoms. The number of hydrogen-bond donors (Lipinski definition) is 0. The van der Waals surface area contributed by atoms with Gasteiger partial charge in [0.15, 0.2) is 5.75 Å². The Hall–Kier alpha value is -0.990. The fourth-order valence-corrected chi connectivity index (χ4v) is 2.20. The van der Waals surface area contributed by atoms with Crippen LogP contribution in [-0.4, -0.2) is 15.9 Å². The Morgan fingerprint density at radius 1 is 1.31 bits per heavy atom. The third-order valence-corrected chi connectivity index (χ3v) is 3.37. The number of hydrogen-bond acceptors (Lipinski definition) is 2. The molecule has 0 spiro atoms. The van der Waals surface area contributed by atoms with Crippen LogP contribution in [0.1, 0.15) is 52.5 Å². The summed E-state index contributed by atoms with van der Waals surface area (Å²) in [7, 11) is 0. The molecule has 2 rings (SSSR count). The van der Waals surface area contributed by atoms with Gasteiger partial charge in [-0.15, -0.1) is 0 Å². The minimum Gasteiger partial charge on any atom is -0.487 e. The van der Waals surface area contributed by atoms with Gasteiger partial charge in [-0.25, -0.2) is 0 Å². The van der Waals surface area contributed by atoms with Gasteiger partial charge in [-0.1, -0.05) is 6.92 Å². The second kappa shape index (κ2) is 4.89. The molecule has 1 fully saturated rings. The van der Waals surface area contributed by atoms with Gasteiger partial charge in [0.05, 0.1) is 18.5 Å². The van der Waals surface area contributed by atoms with Crippen molar-refractivity contribution in [2.24, 2.45) is 5.92 Å². The van der Waals surface area contributed by atoms with E-state index in [0.717, 1.165) is 11.7 Å². The van der Waals surface area contributed by atoms with Crippen LogP contribution in [0.4, 0.5) is 0 Å². The van der Waals surface area contributed by atoms with Gasteiger partial charge < -0.3 is 4.74 Å². The van der Waals surface area contributed by atoms with E-state index in [0.29, 0.717) is 12.1 Å².